The SMILES string of the molecule is CC(C)[C@H](NCC(=O)NN1C(=O)N[C@](C)(c2ccccc2)C1=O)c1ccc2c(c1)OCCCO2. The summed E-state index contributed by atoms with van der Waals surface area (Å²) in [6.07, 6.45) is 0.822. The minimum absolute atomic E-state index is 0.0869. The highest BCUT2D eigenvalue weighted by molar-refractivity contribution is 6.08. The fraction of sp³-hybridized carbons (Fsp3) is 0.400. The van der Waals surface area contributed by atoms with Crippen molar-refractivity contribution in [2.45, 2.75) is 38.8 Å². The first kappa shape index (κ1) is 23.6. The molecule has 2 aromatic carbocycles. The van der Waals surface area contributed by atoms with E-state index in [1.807, 2.05) is 38.1 Å². The Bertz CT molecular complexity index is 1070. The van der Waals surface area contributed by atoms with Crippen LogP contribution in [0.2, 0.25) is 0 Å². The van der Waals surface area contributed by atoms with Crippen molar-refractivity contribution in [3.8, 4) is 11.5 Å². The fourth-order valence-electron chi connectivity index (χ4n) is 4.19. The molecular formula is C25H30N4O5. The lowest BCUT2D eigenvalue weighted by atomic mass is 9.92. The van der Waals surface area contributed by atoms with Crippen molar-refractivity contribution in [3.05, 3.63) is 59.7 Å². The predicted octanol–water partition coefficient (Wildman–Crippen LogP) is 2.63. The molecule has 9 nitrogen and oxygen atoms in total. The van der Waals surface area contributed by atoms with Crippen molar-refractivity contribution in [2.75, 3.05) is 19.8 Å². The lowest BCUT2D eigenvalue weighted by Gasteiger charge is -2.24. The summed E-state index contributed by atoms with van der Waals surface area (Å²) in [6.45, 7) is 6.82. The maximum Gasteiger partial charge on any atom is 0.344 e. The Morgan fingerprint density at radius 3 is 2.50 bits per heavy atom. The van der Waals surface area contributed by atoms with Crippen LogP contribution in [0.5, 0.6) is 11.5 Å². The first-order valence-electron chi connectivity index (χ1n) is 11.4. The van der Waals surface area contributed by atoms with Gasteiger partial charge < -0.3 is 20.1 Å². The Labute approximate surface area is 198 Å². The number of nitrogens with one attached hydrogen (secondary N) is 3. The standard InChI is InChI=1S/C25H30N4O5/c1-16(2)22(17-10-11-19-20(14-17)34-13-7-12-33-19)26-15-21(30)28-29-23(31)25(3,27-24(29)32)18-8-5-4-6-9-18/h4-6,8-11,14,16,22,26H,7,12-13,15H2,1-3H3,(H,27,32)(H,28,30)/t22-,25+/m0/s1. The molecule has 0 spiro atoms. The van der Waals surface area contributed by atoms with Crippen molar-refractivity contribution >= 4 is 17.8 Å². The number of ether oxygens (including phenoxy) is 2. The molecule has 2 aliphatic rings. The number of nitrogens with zero attached hydrogens (tertiary/aromatic N) is 1. The minimum atomic E-state index is -1.25. The zero-order valence-electron chi connectivity index (χ0n) is 19.6. The number of hydrogen-bond acceptors (Lipinski definition) is 6. The summed E-state index contributed by atoms with van der Waals surface area (Å²) in [5.41, 5.74) is 2.78. The molecule has 0 aliphatic carbocycles. The molecule has 2 atom stereocenters. The predicted molar refractivity (Wildman–Crippen MR) is 125 cm³/mol. The molecule has 0 bridgehead atoms. The zero-order valence-corrected chi connectivity index (χ0v) is 19.6. The van der Waals surface area contributed by atoms with Gasteiger partial charge in [-0.1, -0.05) is 50.2 Å². The molecule has 4 amide bonds. The fourth-order valence-corrected chi connectivity index (χ4v) is 4.19. The number of imide groups is 1. The summed E-state index contributed by atoms with van der Waals surface area (Å²) in [4.78, 5) is 38.1. The molecule has 1 fully saturated rings. The lowest BCUT2D eigenvalue weighted by molar-refractivity contribution is -0.138. The third-order valence-corrected chi connectivity index (χ3v) is 6.06. The van der Waals surface area contributed by atoms with Gasteiger partial charge in [-0.2, -0.15) is 5.01 Å². The average Bonchev–Trinajstić information content (AvgIpc) is 2.98. The van der Waals surface area contributed by atoms with Crippen molar-refractivity contribution in [1.82, 2.24) is 21.1 Å². The molecule has 3 N–H and O–H groups in total. The van der Waals surface area contributed by atoms with Crippen LogP contribution in [0.15, 0.2) is 48.5 Å². The molecule has 9 heteroatoms. The quantitative estimate of drug-likeness (QED) is 0.542. The number of benzene rings is 2. The van der Waals surface area contributed by atoms with E-state index in [4.69, 9.17) is 9.47 Å². The zero-order chi connectivity index (χ0) is 24.3. The van der Waals surface area contributed by atoms with Gasteiger partial charge in [0.2, 0.25) is 0 Å². The number of carbonyl (C=O) groups is 3. The van der Waals surface area contributed by atoms with Crippen molar-refractivity contribution < 1.29 is 23.9 Å². The normalized spacial score (nSPS) is 20.6. The lowest BCUT2D eigenvalue weighted by Crippen LogP contribution is -2.50. The van der Waals surface area contributed by atoms with E-state index < -0.39 is 23.4 Å². The number of fused-ring (bicyclic) bond motifs is 1. The van der Waals surface area contributed by atoms with Gasteiger partial charge in [0.25, 0.3) is 11.8 Å². The maximum absolute atomic E-state index is 13.0. The Morgan fingerprint density at radius 1 is 1.09 bits per heavy atom. The molecule has 34 heavy (non-hydrogen) atoms. The molecule has 2 aliphatic heterocycles. The summed E-state index contributed by atoms with van der Waals surface area (Å²) >= 11 is 0. The molecule has 0 radical (unpaired) electrons. The topological polar surface area (TPSA) is 109 Å². The minimum Gasteiger partial charge on any atom is -0.490 e. The molecule has 2 aromatic rings. The summed E-state index contributed by atoms with van der Waals surface area (Å²) in [5.74, 6) is 0.518. The van der Waals surface area contributed by atoms with Crippen molar-refractivity contribution in [1.29, 1.82) is 0 Å². The van der Waals surface area contributed by atoms with E-state index in [1.54, 1.807) is 31.2 Å². The molecule has 0 saturated carbocycles. The summed E-state index contributed by atoms with van der Waals surface area (Å²) in [5, 5.41) is 6.65. The molecule has 180 valence electrons. The van der Waals surface area contributed by atoms with E-state index in [1.165, 1.54) is 0 Å². The van der Waals surface area contributed by atoms with E-state index in [0.29, 0.717) is 30.3 Å². The molecule has 4 rings (SSSR count). The van der Waals surface area contributed by atoms with Gasteiger partial charge in [0.05, 0.1) is 19.8 Å². The number of hydrogen-bond donors (Lipinski definition) is 3. The second-order valence-corrected chi connectivity index (χ2v) is 8.96. The van der Waals surface area contributed by atoms with Gasteiger partial charge in [0.1, 0.15) is 5.54 Å². The van der Waals surface area contributed by atoms with Crippen LogP contribution in [0.25, 0.3) is 0 Å². The third-order valence-electron chi connectivity index (χ3n) is 6.06. The first-order chi connectivity index (χ1) is 16.3. The van der Waals surface area contributed by atoms with Gasteiger partial charge in [-0.25, -0.2) is 4.79 Å². The highest BCUT2D eigenvalue weighted by Crippen LogP contribution is 2.34. The number of amides is 4. The average molecular weight is 467 g/mol. The van der Waals surface area contributed by atoms with E-state index in [9.17, 15) is 14.4 Å². The maximum atomic E-state index is 13.0. The van der Waals surface area contributed by atoms with Crippen LogP contribution in [0.3, 0.4) is 0 Å². The molecule has 0 aromatic heterocycles. The Hall–Kier alpha value is -3.59. The molecule has 2 heterocycles. The number of rotatable bonds is 7. The summed E-state index contributed by atoms with van der Waals surface area (Å²) in [7, 11) is 0. The highest BCUT2D eigenvalue weighted by Gasteiger charge is 2.49. The number of hydrazine groups is 1. The van der Waals surface area contributed by atoms with E-state index in [-0.39, 0.29) is 18.5 Å². The van der Waals surface area contributed by atoms with Crippen LogP contribution in [0.1, 0.15) is 44.4 Å². The van der Waals surface area contributed by atoms with Crippen molar-refractivity contribution in [2.24, 2.45) is 5.92 Å². The van der Waals surface area contributed by atoms with Gasteiger partial charge in [0, 0.05) is 12.5 Å². The van der Waals surface area contributed by atoms with Crippen LogP contribution in [0.4, 0.5) is 4.79 Å². The summed E-state index contributed by atoms with van der Waals surface area (Å²) in [6, 6.07) is 13.9. The van der Waals surface area contributed by atoms with Gasteiger partial charge in [-0.15, -0.1) is 0 Å². The van der Waals surface area contributed by atoms with Gasteiger partial charge in [-0.05, 0) is 36.1 Å². The van der Waals surface area contributed by atoms with Gasteiger partial charge in [-0.3, -0.25) is 15.0 Å². The second kappa shape index (κ2) is 9.72. The highest BCUT2D eigenvalue weighted by atomic mass is 16.5. The number of carbonyl (C=O) groups excluding carboxylic acids is 3. The van der Waals surface area contributed by atoms with Crippen LogP contribution in [0, 0.1) is 5.92 Å². The van der Waals surface area contributed by atoms with Gasteiger partial charge >= 0.3 is 6.03 Å². The Balaban J connectivity index is 1.41. The van der Waals surface area contributed by atoms with Crippen LogP contribution in [-0.2, 0) is 15.1 Å². The molecule has 0 unspecified atom stereocenters. The molecule has 1 saturated heterocycles. The Kier molecular flexibility index (Phi) is 6.74. The van der Waals surface area contributed by atoms with E-state index in [2.05, 4.69) is 16.1 Å². The molecular weight excluding hydrogens is 436 g/mol. The first-order valence-corrected chi connectivity index (χ1v) is 11.4. The summed E-state index contributed by atoms with van der Waals surface area (Å²) < 4.78 is 11.5. The largest absolute Gasteiger partial charge is 0.490 e. The smallest absolute Gasteiger partial charge is 0.344 e. The number of urea groups is 1. The van der Waals surface area contributed by atoms with E-state index in [0.717, 1.165) is 17.0 Å². The third kappa shape index (κ3) is 4.70. The van der Waals surface area contributed by atoms with Gasteiger partial charge in [0.15, 0.2) is 11.5 Å². The van der Waals surface area contributed by atoms with Crippen LogP contribution >= 0.6 is 0 Å². The van der Waals surface area contributed by atoms with E-state index >= 15 is 0 Å². The van der Waals surface area contributed by atoms with Crippen LogP contribution < -0.4 is 25.5 Å². The van der Waals surface area contributed by atoms with Crippen molar-refractivity contribution in [3.63, 3.8) is 0 Å². The second-order valence-electron chi connectivity index (χ2n) is 8.96. The Morgan fingerprint density at radius 2 is 1.79 bits per heavy atom. The van der Waals surface area contributed by atoms with Crippen LogP contribution in [-0.4, -0.2) is 42.6 Å². The monoisotopic (exact) mass is 466 g/mol.